The van der Waals surface area contributed by atoms with E-state index in [1.54, 1.807) is 6.07 Å². The summed E-state index contributed by atoms with van der Waals surface area (Å²) in [6.07, 6.45) is 1.94. The SMILES string of the molecule is O=C(NCCCNC(=O)c1cc(-c2ccccc2)n[nH]1)c1cn[nH]n1. The van der Waals surface area contributed by atoms with Crippen molar-refractivity contribution in [1.82, 2.24) is 36.2 Å². The van der Waals surface area contributed by atoms with Gasteiger partial charge in [0.2, 0.25) is 0 Å². The van der Waals surface area contributed by atoms with Crippen molar-refractivity contribution in [2.75, 3.05) is 13.1 Å². The molecule has 9 heteroatoms. The average Bonchev–Trinajstić information content (AvgIpc) is 3.34. The van der Waals surface area contributed by atoms with Crippen molar-refractivity contribution in [2.45, 2.75) is 6.42 Å². The number of hydrogen-bond acceptors (Lipinski definition) is 5. The Morgan fingerprint density at radius 3 is 2.48 bits per heavy atom. The fourth-order valence-corrected chi connectivity index (χ4v) is 2.18. The summed E-state index contributed by atoms with van der Waals surface area (Å²) in [4.78, 5) is 23.7. The number of hydrogen-bond donors (Lipinski definition) is 4. The highest BCUT2D eigenvalue weighted by Crippen LogP contribution is 2.16. The van der Waals surface area contributed by atoms with E-state index in [1.165, 1.54) is 6.20 Å². The molecule has 1 aromatic carbocycles. The van der Waals surface area contributed by atoms with Gasteiger partial charge in [-0.15, -0.1) is 0 Å². The van der Waals surface area contributed by atoms with E-state index in [4.69, 9.17) is 0 Å². The summed E-state index contributed by atoms with van der Waals surface area (Å²) in [6, 6.07) is 11.3. The van der Waals surface area contributed by atoms with E-state index in [0.29, 0.717) is 30.9 Å². The normalized spacial score (nSPS) is 10.4. The van der Waals surface area contributed by atoms with Gasteiger partial charge >= 0.3 is 0 Å². The molecule has 2 aromatic heterocycles. The van der Waals surface area contributed by atoms with Crippen LogP contribution in [0.2, 0.25) is 0 Å². The Bertz CT molecular complexity index is 827. The minimum atomic E-state index is -0.304. The topological polar surface area (TPSA) is 128 Å². The number of nitrogens with one attached hydrogen (secondary N) is 4. The number of rotatable bonds is 7. The number of carbonyl (C=O) groups is 2. The number of aromatic nitrogens is 5. The highest BCUT2D eigenvalue weighted by atomic mass is 16.2. The third kappa shape index (κ3) is 4.28. The number of amides is 2. The Hall–Kier alpha value is -3.49. The van der Waals surface area contributed by atoms with Gasteiger partial charge in [-0.25, -0.2) is 0 Å². The van der Waals surface area contributed by atoms with E-state index >= 15 is 0 Å². The molecule has 25 heavy (non-hydrogen) atoms. The number of carbonyl (C=O) groups excluding carboxylic acids is 2. The van der Waals surface area contributed by atoms with Crippen LogP contribution in [0.25, 0.3) is 11.3 Å². The van der Waals surface area contributed by atoms with Crippen molar-refractivity contribution >= 4 is 11.8 Å². The zero-order valence-electron chi connectivity index (χ0n) is 13.3. The Labute approximate surface area is 143 Å². The zero-order chi connectivity index (χ0) is 17.5. The molecule has 0 bridgehead atoms. The average molecular weight is 339 g/mol. The van der Waals surface area contributed by atoms with E-state index in [-0.39, 0.29) is 17.5 Å². The van der Waals surface area contributed by atoms with Crippen LogP contribution in [0.3, 0.4) is 0 Å². The van der Waals surface area contributed by atoms with Crippen LogP contribution in [0, 0.1) is 0 Å². The van der Waals surface area contributed by atoms with Crippen LogP contribution in [0.5, 0.6) is 0 Å². The summed E-state index contributed by atoms with van der Waals surface area (Å²) in [5.74, 6) is -0.543. The largest absolute Gasteiger partial charge is 0.351 e. The Morgan fingerprint density at radius 1 is 1.00 bits per heavy atom. The Balaban J connectivity index is 1.41. The predicted molar refractivity (Wildman–Crippen MR) is 89.7 cm³/mol. The molecule has 0 radical (unpaired) electrons. The van der Waals surface area contributed by atoms with Crippen LogP contribution in [-0.2, 0) is 0 Å². The van der Waals surface area contributed by atoms with Crippen LogP contribution >= 0.6 is 0 Å². The van der Waals surface area contributed by atoms with E-state index in [9.17, 15) is 9.59 Å². The molecule has 0 spiro atoms. The van der Waals surface area contributed by atoms with Gasteiger partial charge in [-0.1, -0.05) is 30.3 Å². The first-order chi connectivity index (χ1) is 12.2. The van der Waals surface area contributed by atoms with Gasteiger partial charge in [0.25, 0.3) is 11.8 Å². The summed E-state index contributed by atoms with van der Waals surface area (Å²) in [5, 5.41) is 22.0. The minimum Gasteiger partial charge on any atom is -0.351 e. The number of aromatic amines is 2. The van der Waals surface area contributed by atoms with E-state index in [0.717, 1.165) is 5.56 Å². The Kier molecular flexibility index (Phi) is 5.15. The first-order valence-electron chi connectivity index (χ1n) is 7.77. The lowest BCUT2D eigenvalue weighted by atomic mass is 10.1. The molecular formula is C16H17N7O2. The summed E-state index contributed by atoms with van der Waals surface area (Å²) in [6.45, 7) is 0.849. The Morgan fingerprint density at radius 2 is 1.76 bits per heavy atom. The number of benzene rings is 1. The molecule has 0 fully saturated rings. The highest BCUT2D eigenvalue weighted by Gasteiger charge is 2.11. The van der Waals surface area contributed by atoms with Gasteiger partial charge < -0.3 is 10.6 Å². The second-order valence-corrected chi connectivity index (χ2v) is 5.25. The number of nitrogens with zero attached hydrogens (tertiary/aromatic N) is 3. The molecule has 0 atom stereocenters. The van der Waals surface area contributed by atoms with Crippen molar-refractivity contribution in [3.8, 4) is 11.3 Å². The van der Waals surface area contributed by atoms with Gasteiger partial charge in [0.05, 0.1) is 11.9 Å². The van der Waals surface area contributed by atoms with Crippen LogP contribution < -0.4 is 10.6 Å². The summed E-state index contributed by atoms with van der Waals surface area (Å²) in [5.41, 5.74) is 2.28. The molecule has 2 amide bonds. The monoisotopic (exact) mass is 339 g/mol. The van der Waals surface area contributed by atoms with Gasteiger partial charge in [0.15, 0.2) is 5.69 Å². The molecular weight excluding hydrogens is 322 g/mol. The standard InChI is InChI=1S/C16H17N7O2/c24-15(13-9-12(20-21-13)11-5-2-1-3-6-11)17-7-4-8-18-16(25)14-10-19-23-22-14/h1-3,5-6,9-10H,4,7-8H2,(H,17,24)(H,18,25)(H,20,21)(H,19,22,23). The van der Waals surface area contributed by atoms with Crippen LogP contribution in [0.15, 0.2) is 42.6 Å². The van der Waals surface area contributed by atoms with Crippen LogP contribution in [0.4, 0.5) is 0 Å². The maximum Gasteiger partial charge on any atom is 0.273 e. The van der Waals surface area contributed by atoms with Crippen molar-refractivity contribution in [3.63, 3.8) is 0 Å². The molecule has 2 heterocycles. The molecule has 0 saturated heterocycles. The molecule has 0 aliphatic carbocycles. The van der Waals surface area contributed by atoms with Crippen molar-refractivity contribution in [1.29, 1.82) is 0 Å². The second-order valence-electron chi connectivity index (χ2n) is 5.25. The second kappa shape index (κ2) is 7.86. The van der Waals surface area contributed by atoms with Gasteiger partial charge in [0.1, 0.15) is 5.69 Å². The fraction of sp³-hybridized carbons (Fsp3) is 0.188. The third-order valence-electron chi connectivity index (χ3n) is 3.46. The lowest BCUT2D eigenvalue weighted by molar-refractivity contribution is 0.0946. The molecule has 9 nitrogen and oxygen atoms in total. The van der Waals surface area contributed by atoms with Gasteiger partial charge in [-0.3, -0.25) is 14.7 Å². The summed E-state index contributed by atoms with van der Waals surface area (Å²) < 4.78 is 0. The van der Waals surface area contributed by atoms with E-state index < -0.39 is 0 Å². The van der Waals surface area contributed by atoms with Gasteiger partial charge in [-0.05, 0) is 12.5 Å². The highest BCUT2D eigenvalue weighted by molar-refractivity contribution is 5.93. The molecule has 0 aliphatic rings. The molecule has 3 aromatic rings. The number of H-pyrrole nitrogens is 2. The lowest BCUT2D eigenvalue weighted by Gasteiger charge is -2.04. The maximum absolute atomic E-state index is 12.1. The van der Waals surface area contributed by atoms with Crippen LogP contribution in [0.1, 0.15) is 27.4 Å². The van der Waals surface area contributed by atoms with Crippen molar-refractivity contribution < 1.29 is 9.59 Å². The fourth-order valence-electron chi connectivity index (χ4n) is 2.18. The molecule has 3 rings (SSSR count). The predicted octanol–water partition coefficient (Wildman–Crippen LogP) is 0.745. The molecule has 0 saturated carbocycles. The first-order valence-corrected chi connectivity index (χ1v) is 7.77. The lowest BCUT2D eigenvalue weighted by Crippen LogP contribution is -2.30. The van der Waals surface area contributed by atoms with Gasteiger partial charge in [0, 0.05) is 18.7 Å². The minimum absolute atomic E-state index is 0.231. The summed E-state index contributed by atoms with van der Waals surface area (Å²) >= 11 is 0. The van der Waals surface area contributed by atoms with Crippen molar-refractivity contribution in [3.05, 3.63) is 54.0 Å². The molecule has 128 valence electrons. The zero-order valence-corrected chi connectivity index (χ0v) is 13.3. The maximum atomic E-state index is 12.1. The molecule has 0 unspecified atom stereocenters. The first kappa shape index (κ1) is 16.4. The van der Waals surface area contributed by atoms with E-state index in [2.05, 4.69) is 36.2 Å². The molecule has 0 aliphatic heterocycles. The van der Waals surface area contributed by atoms with Crippen molar-refractivity contribution in [2.24, 2.45) is 0 Å². The van der Waals surface area contributed by atoms with E-state index in [1.807, 2.05) is 30.3 Å². The van der Waals surface area contributed by atoms with Crippen LogP contribution in [-0.4, -0.2) is 50.5 Å². The van der Waals surface area contributed by atoms with Gasteiger partial charge in [-0.2, -0.15) is 20.5 Å². The smallest absolute Gasteiger partial charge is 0.273 e. The molecule has 4 N–H and O–H groups in total. The summed E-state index contributed by atoms with van der Waals surface area (Å²) in [7, 11) is 0. The quantitative estimate of drug-likeness (QED) is 0.472. The third-order valence-corrected chi connectivity index (χ3v) is 3.46.